The Bertz CT molecular complexity index is 522. The molecule has 0 aliphatic carbocycles. The summed E-state index contributed by atoms with van der Waals surface area (Å²) < 4.78 is 26.5. The van der Waals surface area contributed by atoms with Crippen LogP contribution < -0.4 is 15.8 Å². The third-order valence-corrected chi connectivity index (χ3v) is 4.48. The van der Waals surface area contributed by atoms with Gasteiger partial charge in [0.2, 0.25) is 10.0 Å². The van der Waals surface area contributed by atoms with E-state index in [2.05, 4.69) is 23.9 Å². The Morgan fingerprint density at radius 1 is 1.20 bits per heavy atom. The third kappa shape index (κ3) is 5.11. The Hall–Kier alpha value is -1.11. The molecule has 0 saturated carbocycles. The van der Waals surface area contributed by atoms with Crippen LogP contribution in [0.1, 0.15) is 34.1 Å². The molecule has 0 saturated heterocycles. The maximum absolute atomic E-state index is 12.0. The van der Waals surface area contributed by atoms with E-state index in [-0.39, 0.29) is 16.5 Å². The van der Waals surface area contributed by atoms with Gasteiger partial charge in [0.1, 0.15) is 0 Å². The standard InChI is InChI=1S/C14H25N3O2S/c1-11(2)17-20(18,19)13-7-5-12(6-8-13)16-14(3,4)9-10-15/h5-8,11,16-17H,9-10,15H2,1-4H3. The van der Waals surface area contributed by atoms with E-state index in [9.17, 15) is 8.42 Å². The van der Waals surface area contributed by atoms with Crippen LogP contribution in [0.3, 0.4) is 0 Å². The molecule has 0 aliphatic rings. The van der Waals surface area contributed by atoms with Crippen molar-refractivity contribution < 1.29 is 8.42 Å². The summed E-state index contributed by atoms with van der Waals surface area (Å²) >= 11 is 0. The van der Waals surface area contributed by atoms with Gasteiger partial charge in [0, 0.05) is 17.3 Å². The van der Waals surface area contributed by atoms with Crippen molar-refractivity contribution in [2.24, 2.45) is 5.73 Å². The van der Waals surface area contributed by atoms with Crippen LogP contribution in [0, 0.1) is 0 Å². The number of rotatable bonds is 7. The highest BCUT2D eigenvalue weighted by atomic mass is 32.2. The van der Waals surface area contributed by atoms with Crippen molar-refractivity contribution in [2.75, 3.05) is 11.9 Å². The van der Waals surface area contributed by atoms with Gasteiger partial charge >= 0.3 is 0 Å². The minimum Gasteiger partial charge on any atom is -0.380 e. The number of nitrogens with two attached hydrogens (primary N) is 1. The second-order valence-electron chi connectivity index (χ2n) is 5.85. The van der Waals surface area contributed by atoms with E-state index in [4.69, 9.17) is 5.73 Å². The van der Waals surface area contributed by atoms with Gasteiger partial charge in [-0.3, -0.25) is 0 Å². The lowest BCUT2D eigenvalue weighted by Gasteiger charge is -2.27. The molecule has 0 spiro atoms. The normalized spacial score (nSPS) is 12.7. The predicted octanol–water partition coefficient (Wildman–Crippen LogP) is 1.91. The highest BCUT2D eigenvalue weighted by Gasteiger charge is 2.18. The van der Waals surface area contributed by atoms with Gasteiger partial charge in [0.25, 0.3) is 0 Å². The van der Waals surface area contributed by atoms with Gasteiger partial charge in [-0.2, -0.15) is 0 Å². The monoisotopic (exact) mass is 299 g/mol. The van der Waals surface area contributed by atoms with Gasteiger partial charge in [0.05, 0.1) is 4.90 Å². The van der Waals surface area contributed by atoms with Crippen molar-refractivity contribution in [1.82, 2.24) is 4.72 Å². The van der Waals surface area contributed by atoms with E-state index in [1.54, 1.807) is 38.1 Å². The van der Waals surface area contributed by atoms with E-state index in [0.29, 0.717) is 6.54 Å². The Kier molecular flexibility index (Phi) is 5.56. The summed E-state index contributed by atoms with van der Waals surface area (Å²) in [7, 11) is -3.43. The molecule has 0 fully saturated rings. The van der Waals surface area contributed by atoms with Crippen molar-refractivity contribution >= 4 is 15.7 Å². The summed E-state index contributed by atoms with van der Waals surface area (Å²) in [6.45, 7) is 8.31. The van der Waals surface area contributed by atoms with Crippen LogP contribution in [0.5, 0.6) is 0 Å². The first-order chi connectivity index (χ1) is 9.16. The fraction of sp³-hybridized carbons (Fsp3) is 0.571. The molecule has 0 aliphatic heterocycles. The predicted molar refractivity (Wildman–Crippen MR) is 83.3 cm³/mol. The molecule has 0 bridgehead atoms. The van der Waals surface area contributed by atoms with E-state index >= 15 is 0 Å². The lowest BCUT2D eigenvalue weighted by molar-refractivity contribution is 0.526. The molecule has 1 rings (SSSR count). The highest BCUT2D eigenvalue weighted by molar-refractivity contribution is 7.89. The average molecular weight is 299 g/mol. The zero-order chi connectivity index (χ0) is 15.4. The summed E-state index contributed by atoms with van der Waals surface area (Å²) in [5.74, 6) is 0. The molecular formula is C14H25N3O2S. The second kappa shape index (κ2) is 6.56. The van der Waals surface area contributed by atoms with Crippen molar-refractivity contribution in [3.05, 3.63) is 24.3 Å². The molecule has 20 heavy (non-hydrogen) atoms. The van der Waals surface area contributed by atoms with Crippen LogP contribution in [-0.4, -0.2) is 26.5 Å². The van der Waals surface area contributed by atoms with Gasteiger partial charge < -0.3 is 11.1 Å². The quantitative estimate of drug-likeness (QED) is 0.718. The lowest BCUT2D eigenvalue weighted by atomic mass is 10.0. The molecule has 0 aromatic heterocycles. The third-order valence-electron chi connectivity index (χ3n) is 2.81. The molecule has 0 heterocycles. The second-order valence-corrected chi connectivity index (χ2v) is 7.56. The van der Waals surface area contributed by atoms with E-state index in [1.807, 2.05) is 0 Å². The van der Waals surface area contributed by atoms with Gasteiger partial charge in [-0.05, 0) is 64.9 Å². The topological polar surface area (TPSA) is 84.2 Å². The first kappa shape index (κ1) is 16.9. The van der Waals surface area contributed by atoms with Crippen LogP contribution in [0.15, 0.2) is 29.2 Å². The molecule has 6 heteroatoms. The average Bonchev–Trinajstić information content (AvgIpc) is 2.27. The zero-order valence-corrected chi connectivity index (χ0v) is 13.4. The number of hydrogen-bond donors (Lipinski definition) is 3. The fourth-order valence-corrected chi connectivity index (χ4v) is 3.16. The highest BCUT2D eigenvalue weighted by Crippen LogP contribution is 2.19. The van der Waals surface area contributed by atoms with Crippen LogP contribution in [0.4, 0.5) is 5.69 Å². The molecule has 0 radical (unpaired) electrons. The molecule has 5 nitrogen and oxygen atoms in total. The first-order valence-electron chi connectivity index (χ1n) is 6.77. The maximum atomic E-state index is 12.0. The Morgan fingerprint density at radius 2 is 1.75 bits per heavy atom. The number of sulfonamides is 1. The van der Waals surface area contributed by atoms with E-state index in [0.717, 1.165) is 12.1 Å². The van der Waals surface area contributed by atoms with Crippen molar-refractivity contribution in [2.45, 2.75) is 50.6 Å². The van der Waals surface area contributed by atoms with E-state index in [1.165, 1.54) is 0 Å². The van der Waals surface area contributed by atoms with Gasteiger partial charge in [-0.25, -0.2) is 13.1 Å². The largest absolute Gasteiger partial charge is 0.380 e. The molecule has 1 aromatic carbocycles. The number of anilines is 1. The first-order valence-corrected chi connectivity index (χ1v) is 8.25. The zero-order valence-electron chi connectivity index (χ0n) is 12.6. The molecule has 0 atom stereocenters. The van der Waals surface area contributed by atoms with Crippen LogP contribution in [0.2, 0.25) is 0 Å². The van der Waals surface area contributed by atoms with Gasteiger partial charge in [-0.15, -0.1) is 0 Å². The summed E-state index contributed by atoms with van der Waals surface area (Å²) in [5, 5.41) is 3.34. The van der Waals surface area contributed by atoms with Crippen molar-refractivity contribution in [3.8, 4) is 0 Å². The van der Waals surface area contributed by atoms with Crippen molar-refractivity contribution in [3.63, 3.8) is 0 Å². The molecule has 0 unspecified atom stereocenters. The molecule has 4 N–H and O–H groups in total. The Balaban J connectivity index is 2.84. The summed E-state index contributed by atoms with van der Waals surface area (Å²) in [5.41, 5.74) is 6.33. The number of hydrogen-bond acceptors (Lipinski definition) is 4. The molecule has 1 aromatic rings. The van der Waals surface area contributed by atoms with E-state index < -0.39 is 10.0 Å². The number of benzene rings is 1. The minimum atomic E-state index is -3.43. The number of nitrogens with one attached hydrogen (secondary N) is 2. The summed E-state index contributed by atoms with van der Waals surface area (Å²) in [4.78, 5) is 0.272. The summed E-state index contributed by atoms with van der Waals surface area (Å²) in [6.07, 6.45) is 0.835. The fourth-order valence-electron chi connectivity index (χ4n) is 1.91. The lowest BCUT2D eigenvalue weighted by Crippen LogP contribution is -2.33. The summed E-state index contributed by atoms with van der Waals surface area (Å²) in [6, 6.07) is 6.62. The van der Waals surface area contributed by atoms with Crippen molar-refractivity contribution in [1.29, 1.82) is 0 Å². The SMILES string of the molecule is CC(C)NS(=O)(=O)c1ccc(NC(C)(C)CCN)cc1. The van der Waals surface area contributed by atoms with Crippen LogP contribution in [-0.2, 0) is 10.0 Å². The van der Waals surface area contributed by atoms with Gasteiger partial charge in [-0.1, -0.05) is 0 Å². The van der Waals surface area contributed by atoms with Gasteiger partial charge in [0.15, 0.2) is 0 Å². The Morgan fingerprint density at radius 3 is 2.20 bits per heavy atom. The molecule has 0 amide bonds. The maximum Gasteiger partial charge on any atom is 0.240 e. The Labute approximate surface area is 122 Å². The van der Waals surface area contributed by atoms with Crippen LogP contribution in [0.25, 0.3) is 0 Å². The molecule has 114 valence electrons. The van der Waals surface area contributed by atoms with Crippen LogP contribution >= 0.6 is 0 Å². The molecular weight excluding hydrogens is 274 g/mol. The minimum absolute atomic E-state index is 0.120. The smallest absolute Gasteiger partial charge is 0.240 e.